The highest BCUT2D eigenvalue weighted by molar-refractivity contribution is 6.01. The number of aromatic nitrogens is 3. The van der Waals surface area contributed by atoms with Crippen molar-refractivity contribution >= 4 is 29.4 Å². The fourth-order valence-electron chi connectivity index (χ4n) is 2.95. The lowest BCUT2D eigenvalue weighted by Crippen LogP contribution is -2.47. The first-order valence-corrected chi connectivity index (χ1v) is 9.03. The maximum Gasteiger partial charge on any atom is 0.248 e. The molecule has 0 bridgehead atoms. The predicted molar refractivity (Wildman–Crippen MR) is 107 cm³/mol. The van der Waals surface area contributed by atoms with Gasteiger partial charge in [-0.05, 0) is 30.3 Å². The van der Waals surface area contributed by atoms with Gasteiger partial charge in [0.1, 0.15) is 11.6 Å². The lowest BCUT2D eigenvalue weighted by Gasteiger charge is -2.35. The van der Waals surface area contributed by atoms with Gasteiger partial charge in [-0.25, -0.2) is 15.0 Å². The lowest BCUT2D eigenvalue weighted by molar-refractivity contribution is -0.111. The normalized spacial score (nSPS) is 14.4. The zero-order valence-corrected chi connectivity index (χ0v) is 15.2. The van der Waals surface area contributed by atoms with Gasteiger partial charge >= 0.3 is 0 Å². The summed E-state index contributed by atoms with van der Waals surface area (Å²) < 4.78 is 5.15. The Morgan fingerprint density at radius 2 is 1.79 bits per heavy atom. The van der Waals surface area contributed by atoms with Crippen LogP contribution in [-0.4, -0.2) is 47.0 Å². The van der Waals surface area contributed by atoms with Gasteiger partial charge in [0.25, 0.3) is 0 Å². The lowest BCUT2D eigenvalue weighted by atomic mass is 10.3. The number of hydrogen-bond acceptors (Lipinski definition) is 7. The van der Waals surface area contributed by atoms with E-state index in [0.29, 0.717) is 17.4 Å². The second kappa shape index (κ2) is 8.34. The van der Waals surface area contributed by atoms with E-state index >= 15 is 0 Å². The van der Waals surface area contributed by atoms with Crippen LogP contribution in [0.4, 0.5) is 17.5 Å². The quantitative estimate of drug-likeness (QED) is 0.684. The third kappa shape index (κ3) is 4.35. The molecule has 142 valence electrons. The number of rotatable bonds is 5. The molecule has 0 aliphatic carbocycles. The van der Waals surface area contributed by atoms with E-state index in [1.54, 1.807) is 36.9 Å². The van der Waals surface area contributed by atoms with Gasteiger partial charge < -0.3 is 19.5 Å². The minimum Gasteiger partial charge on any atom is -0.465 e. The van der Waals surface area contributed by atoms with Crippen molar-refractivity contribution in [1.29, 1.82) is 0 Å². The monoisotopic (exact) mass is 376 g/mol. The van der Waals surface area contributed by atoms with Gasteiger partial charge in [-0.2, -0.15) is 0 Å². The summed E-state index contributed by atoms with van der Waals surface area (Å²) in [5.41, 5.74) is 0.546. The van der Waals surface area contributed by atoms with Gasteiger partial charge in [0.2, 0.25) is 11.9 Å². The molecule has 1 saturated heterocycles. The van der Waals surface area contributed by atoms with Crippen LogP contribution >= 0.6 is 0 Å². The molecule has 28 heavy (non-hydrogen) atoms. The molecule has 0 unspecified atom stereocenters. The topological polar surface area (TPSA) is 87.4 Å². The second-order valence-corrected chi connectivity index (χ2v) is 6.27. The van der Waals surface area contributed by atoms with E-state index in [1.807, 2.05) is 24.4 Å². The number of carbonyl (C=O) groups is 1. The summed E-state index contributed by atoms with van der Waals surface area (Å²) in [6.45, 7) is 3.34. The van der Waals surface area contributed by atoms with Crippen molar-refractivity contribution < 1.29 is 9.21 Å². The second-order valence-electron chi connectivity index (χ2n) is 6.27. The van der Waals surface area contributed by atoms with Crippen LogP contribution in [0.25, 0.3) is 6.08 Å². The number of amides is 1. The van der Waals surface area contributed by atoms with E-state index in [0.717, 1.165) is 32.0 Å². The number of pyridine rings is 1. The van der Waals surface area contributed by atoms with Crippen LogP contribution in [0.2, 0.25) is 0 Å². The molecule has 1 aliphatic heterocycles. The van der Waals surface area contributed by atoms with Gasteiger partial charge in [0, 0.05) is 38.5 Å². The van der Waals surface area contributed by atoms with Gasteiger partial charge in [0.05, 0.1) is 24.3 Å². The van der Waals surface area contributed by atoms with E-state index < -0.39 is 0 Å². The van der Waals surface area contributed by atoms with Crippen LogP contribution in [0.3, 0.4) is 0 Å². The first-order valence-electron chi connectivity index (χ1n) is 9.03. The summed E-state index contributed by atoms with van der Waals surface area (Å²) in [4.78, 5) is 29.5. The highest BCUT2D eigenvalue weighted by Gasteiger charge is 2.19. The van der Waals surface area contributed by atoms with Crippen LogP contribution in [0.15, 0.2) is 65.7 Å². The molecule has 8 heteroatoms. The molecular formula is C20H20N6O2. The SMILES string of the molecule is O=C(C=Cc1ccco1)Nc1cnc(N2CCN(c3ccccn3)CC2)nc1. The van der Waals surface area contributed by atoms with Crippen molar-refractivity contribution in [3.63, 3.8) is 0 Å². The summed E-state index contributed by atoms with van der Waals surface area (Å²) >= 11 is 0. The number of nitrogens with one attached hydrogen (secondary N) is 1. The van der Waals surface area contributed by atoms with Crippen molar-refractivity contribution in [3.8, 4) is 0 Å². The number of hydrogen-bond donors (Lipinski definition) is 1. The molecule has 4 rings (SSSR count). The molecule has 4 heterocycles. The minimum atomic E-state index is -0.267. The maximum absolute atomic E-state index is 11.9. The average Bonchev–Trinajstić information content (AvgIpc) is 3.27. The summed E-state index contributed by atoms with van der Waals surface area (Å²) in [5, 5.41) is 2.74. The number of carbonyl (C=O) groups excluding carboxylic acids is 1. The van der Waals surface area contributed by atoms with Crippen LogP contribution in [-0.2, 0) is 4.79 Å². The summed E-state index contributed by atoms with van der Waals surface area (Å²) in [6.07, 6.45) is 9.61. The zero-order valence-electron chi connectivity index (χ0n) is 15.2. The van der Waals surface area contributed by atoms with Crippen molar-refractivity contribution in [3.05, 3.63) is 67.0 Å². The largest absolute Gasteiger partial charge is 0.465 e. The number of piperazine rings is 1. The molecule has 8 nitrogen and oxygen atoms in total. The fraction of sp³-hybridized carbons (Fsp3) is 0.200. The van der Waals surface area contributed by atoms with Gasteiger partial charge in [-0.1, -0.05) is 6.07 Å². The fourth-order valence-corrected chi connectivity index (χ4v) is 2.95. The van der Waals surface area contributed by atoms with Crippen molar-refractivity contribution in [2.75, 3.05) is 41.3 Å². The molecule has 1 N–H and O–H groups in total. The minimum absolute atomic E-state index is 0.267. The molecule has 0 atom stereocenters. The molecule has 1 fully saturated rings. The molecule has 0 aromatic carbocycles. The Labute approximate surface area is 162 Å². The number of nitrogens with zero attached hydrogens (tertiary/aromatic N) is 5. The van der Waals surface area contributed by atoms with Crippen molar-refractivity contribution in [1.82, 2.24) is 15.0 Å². The number of anilines is 3. The first kappa shape index (κ1) is 17.7. The molecule has 3 aromatic heterocycles. The Hall–Kier alpha value is -3.68. The molecular weight excluding hydrogens is 356 g/mol. The molecule has 0 radical (unpaired) electrons. The van der Waals surface area contributed by atoms with Crippen molar-refractivity contribution in [2.24, 2.45) is 0 Å². The summed E-state index contributed by atoms with van der Waals surface area (Å²) in [6, 6.07) is 9.47. The molecule has 1 amide bonds. The van der Waals surface area contributed by atoms with Crippen LogP contribution < -0.4 is 15.1 Å². The van der Waals surface area contributed by atoms with Gasteiger partial charge in [0.15, 0.2) is 0 Å². The van der Waals surface area contributed by atoms with Crippen LogP contribution in [0.5, 0.6) is 0 Å². The standard InChI is InChI=1S/C20H20N6O2/c27-19(7-6-17-4-3-13-28-17)24-16-14-22-20(23-15-16)26-11-9-25(10-12-26)18-5-1-2-8-21-18/h1-8,13-15H,9-12H2,(H,24,27). The van der Waals surface area contributed by atoms with Crippen LogP contribution in [0, 0.1) is 0 Å². The van der Waals surface area contributed by atoms with Gasteiger partial charge in [-0.3, -0.25) is 4.79 Å². The molecule has 0 saturated carbocycles. The molecule has 1 aliphatic rings. The van der Waals surface area contributed by atoms with E-state index in [-0.39, 0.29) is 5.91 Å². The average molecular weight is 376 g/mol. The van der Waals surface area contributed by atoms with E-state index in [2.05, 4.69) is 30.1 Å². The Morgan fingerprint density at radius 3 is 2.46 bits per heavy atom. The van der Waals surface area contributed by atoms with Gasteiger partial charge in [-0.15, -0.1) is 0 Å². The zero-order chi connectivity index (χ0) is 19.2. The van der Waals surface area contributed by atoms with E-state index in [4.69, 9.17) is 4.42 Å². The maximum atomic E-state index is 11.9. The Bertz CT molecular complexity index is 917. The predicted octanol–water partition coefficient (Wildman–Crippen LogP) is 2.44. The Kier molecular flexibility index (Phi) is 5.28. The smallest absolute Gasteiger partial charge is 0.248 e. The van der Waals surface area contributed by atoms with E-state index in [1.165, 1.54) is 6.08 Å². The van der Waals surface area contributed by atoms with E-state index in [9.17, 15) is 4.79 Å². The molecule has 3 aromatic rings. The molecule has 0 spiro atoms. The highest BCUT2D eigenvalue weighted by Crippen LogP contribution is 2.16. The highest BCUT2D eigenvalue weighted by atomic mass is 16.3. The first-order chi connectivity index (χ1) is 13.8. The van der Waals surface area contributed by atoms with Crippen molar-refractivity contribution in [2.45, 2.75) is 0 Å². The van der Waals surface area contributed by atoms with Crippen LogP contribution in [0.1, 0.15) is 5.76 Å². The third-order valence-electron chi connectivity index (χ3n) is 4.38. The Balaban J connectivity index is 1.30. The third-order valence-corrected chi connectivity index (χ3v) is 4.38. The number of furan rings is 1. The summed E-state index contributed by atoms with van der Waals surface area (Å²) in [5.74, 6) is 2.00. The Morgan fingerprint density at radius 1 is 1.00 bits per heavy atom. The summed E-state index contributed by atoms with van der Waals surface area (Å²) in [7, 11) is 0.